The van der Waals surface area contributed by atoms with Crippen LogP contribution >= 0.6 is 0 Å². The fourth-order valence-electron chi connectivity index (χ4n) is 3.27. The maximum atomic E-state index is 11.1. The number of fused-ring (bicyclic) bond motifs is 2. The molecule has 7 nitrogen and oxygen atoms in total. The summed E-state index contributed by atoms with van der Waals surface area (Å²) in [7, 11) is 0. The largest absolute Gasteiger partial charge is 0.465 e. The topological polar surface area (TPSA) is 86.9 Å². The summed E-state index contributed by atoms with van der Waals surface area (Å²) in [5, 5.41) is 20.0. The number of anilines is 1. The van der Waals surface area contributed by atoms with Gasteiger partial charge in [-0.1, -0.05) is 12.7 Å². The Hall–Kier alpha value is -2.57. The molecule has 3 rings (SSSR count). The van der Waals surface area contributed by atoms with Gasteiger partial charge in [0.25, 0.3) is 5.69 Å². The first-order valence-corrected chi connectivity index (χ1v) is 6.68. The lowest BCUT2D eigenvalue weighted by Crippen LogP contribution is -2.48. The van der Waals surface area contributed by atoms with Gasteiger partial charge in [0.1, 0.15) is 0 Å². The first-order valence-electron chi connectivity index (χ1n) is 6.68. The molecule has 2 atom stereocenters. The molecule has 1 N–H and O–H groups in total. The van der Waals surface area contributed by atoms with Crippen molar-refractivity contribution in [3.05, 3.63) is 40.5 Å². The standard InChI is InChI=1S/C14H15N3O4/c1-2-9-5-10(3-4-13(9)17(20)21)15-7-12-6-11(15)8-16(12)14(18)19/h2-5,11-12H,1,6-8H2,(H,18,19)/t11-,12-/m1/s1. The summed E-state index contributed by atoms with van der Waals surface area (Å²) in [6.45, 7) is 4.73. The highest BCUT2D eigenvalue weighted by atomic mass is 16.6. The van der Waals surface area contributed by atoms with Crippen LogP contribution in [0.15, 0.2) is 24.8 Å². The molecule has 0 aliphatic carbocycles. The fourth-order valence-corrected chi connectivity index (χ4v) is 3.27. The minimum Gasteiger partial charge on any atom is -0.465 e. The van der Waals surface area contributed by atoms with Crippen LogP contribution in [0.4, 0.5) is 16.2 Å². The van der Waals surface area contributed by atoms with Gasteiger partial charge in [-0.2, -0.15) is 0 Å². The van der Waals surface area contributed by atoms with Gasteiger partial charge in [-0.05, 0) is 18.6 Å². The van der Waals surface area contributed by atoms with Crippen LogP contribution in [-0.2, 0) is 0 Å². The van der Waals surface area contributed by atoms with Gasteiger partial charge in [-0.3, -0.25) is 10.1 Å². The molecule has 21 heavy (non-hydrogen) atoms. The Labute approximate surface area is 121 Å². The summed E-state index contributed by atoms with van der Waals surface area (Å²) in [6.07, 6.45) is 1.41. The van der Waals surface area contributed by atoms with E-state index in [-0.39, 0.29) is 17.8 Å². The van der Waals surface area contributed by atoms with Crippen molar-refractivity contribution < 1.29 is 14.8 Å². The van der Waals surface area contributed by atoms with Crippen molar-refractivity contribution in [3.8, 4) is 0 Å². The molecule has 7 heteroatoms. The van der Waals surface area contributed by atoms with Gasteiger partial charge in [-0.15, -0.1) is 0 Å². The predicted molar refractivity (Wildman–Crippen MR) is 77.5 cm³/mol. The molecule has 110 valence electrons. The van der Waals surface area contributed by atoms with Crippen LogP contribution in [0.3, 0.4) is 0 Å². The molecular weight excluding hydrogens is 274 g/mol. The smallest absolute Gasteiger partial charge is 0.407 e. The van der Waals surface area contributed by atoms with E-state index in [1.165, 1.54) is 17.0 Å². The lowest BCUT2D eigenvalue weighted by atomic mass is 10.1. The van der Waals surface area contributed by atoms with E-state index in [9.17, 15) is 14.9 Å². The molecular formula is C14H15N3O4. The summed E-state index contributed by atoms with van der Waals surface area (Å²) in [6, 6.07) is 5.10. The SMILES string of the molecule is C=Cc1cc(N2C[C@H]3C[C@@H]2CN3C(=O)O)ccc1[N+](=O)[O-]. The van der Waals surface area contributed by atoms with E-state index in [1.807, 2.05) is 0 Å². The number of carbonyl (C=O) groups is 1. The van der Waals surface area contributed by atoms with E-state index in [4.69, 9.17) is 5.11 Å². The molecule has 0 radical (unpaired) electrons. The van der Waals surface area contributed by atoms with Crippen LogP contribution < -0.4 is 4.90 Å². The van der Waals surface area contributed by atoms with Crippen molar-refractivity contribution in [2.24, 2.45) is 0 Å². The third kappa shape index (κ3) is 2.10. The van der Waals surface area contributed by atoms with Crippen LogP contribution in [-0.4, -0.2) is 46.2 Å². The maximum absolute atomic E-state index is 11.1. The van der Waals surface area contributed by atoms with Crippen LogP contribution in [0.1, 0.15) is 12.0 Å². The van der Waals surface area contributed by atoms with Crippen molar-refractivity contribution in [1.29, 1.82) is 0 Å². The van der Waals surface area contributed by atoms with Crippen LogP contribution in [0.5, 0.6) is 0 Å². The normalized spacial score (nSPS) is 23.4. The molecule has 0 saturated carbocycles. The number of nitro benzene ring substituents is 1. The number of hydrogen-bond donors (Lipinski definition) is 1. The fraction of sp³-hybridized carbons (Fsp3) is 0.357. The zero-order valence-electron chi connectivity index (χ0n) is 11.3. The zero-order chi connectivity index (χ0) is 15.1. The van der Waals surface area contributed by atoms with Gasteiger partial charge in [0.15, 0.2) is 0 Å². The summed E-state index contributed by atoms with van der Waals surface area (Å²) < 4.78 is 0. The van der Waals surface area contributed by atoms with Gasteiger partial charge < -0.3 is 14.9 Å². The summed E-state index contributed by atoms with van der Waals surface area (Å²) >= 11 is 0. The van der Waals surface area contributed by atoms with Crippen molar-refractivity contribution in [2.45, 2.75) is 18.5 Å². The van der Waals surface area contributed by atoms with Gasteiger partial charge in [0, 0.05) is 30.9 Å². The molecule has 2 fully saturated rings. The van der Waals surface area contributed by atoms with Crippen LogP contribution in [0.25, 0.3) is 6.08 Å². The van der Waals surface area contributed by atoms with Crippen molar-refractivity contribution in [1.82, 2.24) is 4.90 Å². The summed E-state index contributed by atoms with van der Waals surface area (Å²) in [5.41, 5.74) is 1.40. The Morgan fingerprint density at radius 1 is 1.43 bits per heavy atom. The quantitative estimate of drug-likeness (QED) is 0.680. The van der Waals surface area contributed by atoms with Crippen molar-refractivity contribution in [3.63, 3.8) is 0 Å². The number of amides is 1. The molecule has 2 aliphatic heterocycles. The number of carboxylic acid groups (broad SMARTS) is 1. The van der Waals surface area contributed by atoms with E-state index in [1.54, 1.807) is 12.1 Å². The number of nitrogens with zero attached hydrogens (tertiary/aromatic N) is 3. The molecule has 1 amide bonds. The van der Waals surface area contributed by atoms with E-state index in [0.717, 1.165) is 12.1 Å². The van der Waals surface area contributed by atoms with Crippen LogP contribution in [0, 0.1) is 10.1 Å². The monoisotopic (exact) mass is 289 g/mol. The maximum Gasteiger partial charge on any atom is 0.407 e. The molecule has 2 aliphatic rings. The Morgan fingerprint density at radius 2 is 2.19 bits per heavy atom. The number of piperazine rings is 1. The highest BCUT2D eigenvalue weighted by Gasteiger charge is 2.45. The second-order valence-corrected chi connectivity index (χ2v) is 5.33. The van der Waals surface area contributed by atoms with E-state index in [0.29, 0.717) is 18.7 Å². The van der Waals surface area contributed by atoms with E-state index < -0.39 is 11.0 Å². The average molecular weight is 289 g/mol. The number of rotatable bonds is 3. The van der Waals surface area contributed by atoms with Gasteiger partial charge in [-0.25, -0.2) is 4.79 Å². The van der Waals surface area contributed by atoms with Gasteiger partial charge in [0.05, 0.1) is 16.5 Å². The molecule has 1 aromatic rings. The molecule has 0 spiro atoms. The highest BCUT2D eigenvalue weighted by molar-refractivity contribution is 5.69. The lowest BCUT2D eigenvalue weighted by molar-refractivity contribution is -0.385. The Bertz CT molecular complexity index is 631. The van der Waals surface area contributed by atoms with E-state index >= 15 is 0 Å². The highest BCUT2D eigenvalue weighted by Crippen LogP contribution is 2.36. The average Bonchev–Trinajstić information content (AvgIpc) is 3.06. The molecule has 0 aromatic heterocycles. The summed E-state index contributed by atoms with van der Waals surface area (Å²) in [4.78, 5) is 25.2. The number of nitro groups is 1. The third-order valence-electron chi connectivity index (χ3n) is 4.25. The Morgan fingerprint density at radius 3 is 2.71 bits per heavy atom. The zero-order valence-corrected chi connectivity index (χ0v) is 11.3. The second kappa shape index (κ2) is 4.76. The first-order chi connectivity index (χ1) is 10.0. The molecule has 2 heterocycles. The lowest BCUT2D eigenvalue weighted by Gasteiger charge is -2.34. The predicted octanol–water partition coefficient (Wildman–Crippen LogP) is 2.18. The van der Waals surface area contributed by atoms with Crippen molar-refractivity contribution >= 4 is 23.5 Å². The van der Waals surface area contributed by atoms with Crippen molar-refractivity contribution in [2.75, 3.05) is 18.0 Å². The first kappa shape index (κ1) is 13.4. The van der Waals surface area contributed by atoms with E-state index in [2.05, 4.69) is 11.5 Å². The van der Waals surface area contributed by atoms with Crippen LogP contribution in [0.2, 0.25) is 0 Å². The Kier molecular flexibility index (Phi) is 3.04. The molecule has 1 aromatic carbocycles. The minimum absolute atomic E-state index is 0.00914. The summed E-state index contributed by atoms with van der Waals surface area (Å²) in [5.74, 6) is 0. The minimum atomic E-state index is -0.877. The number of hydrogen-bond acceptors (Lipinski definition) is 4. The Balaban J connectivity index is 1.86. The second-order valence-electron chi connectivity index (χ2n) is 5.33. The van der Waals surface area contributed by atoms with Gasteiger partial charge >= 0.3 is 6.09 Å². The molecule has 2 bridgehead atoms. The molecule has 0 unspecified atom stereocenters. The number of likely N-dealkylation sites (tertiary alicyclic amines) is 1. The third-order valence-corrected chi connectivity index (χ3v) is 4.25. The number of benzene rings is 1. The molecule has 2 saturated heterocycles. The van der Waals surface area contributed by atoms with Gasteiger partial charge in [0.2, 0.25) is 0 Å².